The van der Waals surface area contributed by atoms with E-state index in [-0.39, 0.29) is 11.3 Å². The maximum atomic E-state index is 14.0. The molecule has 29 heavy (non-hydrogen) atoms. The number of fused-ring (bicyclic) bond motifs is 1. The SMILES string of the molecule is O=C(Nc1c(NCc2ccccc2)c2ccccc2oc1=O)c1ccccc1F. The molecule has 0 aliphatic carbocycles. The first-order chi connectivity index (χ1) is 14.1. The van der Waals surface area contributed by atoms with Crippen molar-refractivity contribution >= 4 is 28.3 Å². The average Bonchev–Trinajstić information content (AvgIpc) is 2.74. The van der Waals surface area contributed by atoms with Crippen LogP contribution in [0.15, 0.2) is 88.1 Å². The van der Waals surface area contributed by atoms with Gasteiger partial charge in [-0.2, -0.15) is 0 Å². The lowest BCUT2D eigenvalue weighted by Gasteiger charge is -2.15. The molecule has 5 nitrogen and oxygen atoms in total. The molecule has 0 radical (unpaired) electrons. The maximum absolute atomic E-state index is 14.0. The van der Waals surface area contributed by atoms with Gasteiger partial charge in [-0.3, -0.25) is 4.79 Å². The van der Waals surface area contributed by atoms with Gasteiger partial charge in [0, 0.05) is 11.9 Å². The van der Waals surface area contributed by atoms with Gasteiger partial charge in [-0.05, 0) is 29.8 Å². The lowest BCUT2D eigenvalue weighted by atomic mass is 10.1. The van der Waals surface area contributed by atoms with Gasteiger partial charge in [-0.25, -0.2) is 9.18 Å². The molecule has 4 rings (SSSR count). The summed E-state index contributed by atoms with van der Waals surface area (Å²) in [6.07, 6.45) is 0. The topological polar surface area (TPSA) is 71.3 Å². The molecule has 0 saturated carbocycles. The van der Waals surface area contributed by atoms with E-state index < -0.39 is 17.3 Å². The normalized spacial score (nSPS) is 10.7. The van der Waals surface area contributed by atoms with Crippen molar-refractivity contribution in [2.75, 3.05) is 10.6 Å². The first-order valence-electron chi connectivity index (χ1n) is 9.03. The zero-order valence-corrected chi connectivity index (χ0v) is 15.3. The Morgan fingerprint density at radius 2 is 1.55 bits per heavy atom. The molecule has 1 amide bonds. The van der Waals surface area contributed by atoms with Gasteiger partial charge >= 0.3 is 5.63 Å². The number of anilines is 2. The van der Waals surface area contributed by atoms with Crippen molar-refractivity contribution in [2.45, 2.75) is 6.54 Å². The minimum absolute atomic E-state index is 0.0621. The van der Waals surface area contributed by atoms with Crippen LogP contribution in [0.4, 0.5) is 15.8 Å². The summed E-state index contributed by atoms with van der Waals surface area (Å²) < 4.78 is 19.3. The molecule has 0 saturated heterocycles. The molecule has 1 heterocycles. The summed E-state index contributed by atoms with van der Waals surface area (Å²) in [6, 6.07) is 22.2. The van der Waals surface area contributed by atoms with E-state index in [0.29, 0.717) is 23.2 Å². The van der Waals surface area contributed by atoms with Crippen molar-refractivity contribution in [3.8, 4) is 0 Å². The quantitative estimate of drug-likeness (QED) is 0.482. The van der Waals surface area contributed by atoms with E-state index >= 15 is 0 Å². The van der Waals surface area contributed by atoms with Crippen molar-refractivity contribution in [1.29, 1.82) is 0 Å². The third-order valence-corrected chi connectivity index (χ3v) is 4.48. The molecular weight excluding hydrogens is 371 g/mol. The Hall–Kier alpha value is -3.93. The van der Waals surface area contributed by atoms with Crippen LogP contribution in [0.5, 0.6) is 0 Å². The van der Waals surface area contributed by atoms with Gasteiger partial charge in [-0.15, -0.1) is 0 Å². The molecule has 0 aliphatic rings. The molecular formula is C23H17FN2O3. The van der Waals surface area contributed by atoms with Gasteiger partial charge in [0.2, 0.25) is 0 Å². The summed E-state index contributed by atoms with van der Waals surface area (Å²) in [5.74, 6) is -1.40. The highest BCUT2D eigenvalue weighted by atomic mass is 19.1. The number of halogens is 1. The fourth-order valence-corrected chi connectivity index (χ4v) is 3.06. The van der Waals surface area contributed by atoms with Gasteiger partial charge in [0.25, 0.3) is 5.91 Å². The van der Waals surface area contributed by atoms with Crippen molar-refractivity contribution < 1.29 is 13.6 Å². The molecule has 0 aliphatic heterocycles. The first-order valence-corrected chi connectivity index (χ1v) is 9.03. The number of benzene rings is 3. The third-order valence-electron chi connectivity index (χ3n) is 4.48. The summed E-state index contributed by atoms with van der Waals surface area (Å²) in [7, 11) is 0. The molecule has 1 aromatic heterocycles. The van der Waals surface area contributed by atoms with Crippen LogP contribution in [-0.4, -0.2) is 5.91 Å². The summed E-state index contributed by atoms with van der Waals surface area (Å²) in [5, 5.41) is 6.36. The van der Waals surface area contributed by atoms with Gasteiger partial charge in [0.05, 0.1) is 11.3 Å². The average molecular weight is 388 g/mol. The number of rotatable bonds is 5. The molecule has 4 aromatic rings. The largest absolute Gasteiger partial charge is 0.421 e. The van der Waals surface area contributed by atoms with E-state index in [2.05, 4.69) is 10.6 Å². The lowest BCUT2D eigenvalue weighted by molar-refractivity contribution is 0.102. The second-order valence-electron chi connectivity index (χ2n) is 6.41. The third kappa shape index (κ3) is 3.87. The van der Waals surface area contributed by atoms with Gasteiger partial charge in [-0.1, -0.05) is 54.6 Å². The van der Waals surface area contributed by atoms with Crippen LogP contribution in [0.3, 0.4) is 0 Å². The summed E-state index contributed by atoms with van der Waals surface area (Å²) in [6.45, 7) is 0.427. The van der Waals surface area contributed by atoms with Crippen LogP contribution in [0.2, 0.25) is 0 Å². The van der Waals surface area contributed by atoms with Crippen LogP contribution in [0, 0.1) is 5.82 Å². The Morgan fingerprint density at radius 3 is 2.34 bits per heavy atom. The number of nitrogens with one attached hydrogen (secondary N) is 2. The molecule has 3 aromatic carbocycles. The summed E-state index contributed by atoms with van der Waals surface area (Å²) >= 11 is 0. The lowest BCUT2D eigenvalue weighted by Crippen LogP contribution is -2.21. The Labute approximate surface area is 165 Å². The molecule has 6 heteroatoms. The Kier molecular flexibility index (Phi) is 5.07. The van der Waals surface area contributed by atoms with Crippen molar-refractivity contribution in [1.82, 2.24) is 0 Å². The molecule has 0 spiro atoms. The highest BCUT2D eigenvalue weighted by molar-refractivity contribution is 6.08. The minimum Gasteiger partial charge on any atom is -0.421 e. The fourth-order valence-electron chi connectivity index (χ4n) is 3.06. The molecule has 0 unspecified atom stereocenters. The summed E-state index contributed by atoms with van der Waals surface area (Å²) in [5.41, 5.74) is 0.865. The molecule has 0 fully saturated rings. The van der Waals surface area contributed by atoms with Crippen LogP contribution < -0.4 is 16.3 Å². The minimum atomic E-state index is -0.728. The number of para-hydroxylation sites is 1. The van der Waals surface area contributed by atoms with E-state index in [9.17, 15) is 14.0 Å². The molecule has 0 bridgehead atoms. The molecule has 144 valence electrons. The molecule has 2 N–H and O–H groups in total. The first kappa shape index (κ1) is 18.4. The van der Waals surface area contributed by atoms with Crippen LogP contribution >= 0.6 is 0 Å². The van der Waals surface area contributed by atoms with Crippen LogP contribution in [0.1, 0.15) is 15.9 Å². The van der Waals surface area contributed by atoms with Gasteiger partial charge in [0.15, 0.2) is 5.69 Å². The van der Waals surface area contributed by atoms with Crippen LogP contribution in [-0.2, 0) is 6.54 Å². The number of carbonyl (C=O) groups is 1. The zero-order valence-electron chi connectivity index (χ0n) is 15.3. The summed E-state index contributed by atoms with van der Waals surface area (Å²) in [4.78, 5) is 25.2. The van der Waals surface area contributed by atoms with E-state index in [1.54, 1.807) is 30.3 Å². The second kappa shape index (κ2) is 7.98. The van der Waals surface area contributed by atoms with E-state index in [1.807, 2.05) is 30.3 Å². The van der Waals surface area contributed by atoms with E-state index in [4.69, 9.17) is 4.42 Å². The smallest absolute Gasteiger partial charge is 0.362 e. The number of carbonyl (C=O) groups excluding carboxylic acids is 1. The highest BCUT2D eigenvalue weighted by Gasteiger charge is 2.19. The molecule has 0 atom stereocenters. The predicted octanol–water partition coefficient (Wildman–Crippen LogP) is 4.80. The standard InChI is InChI=1S/C23H17FN2O3/c24-18-12-6-4-10-16(18)22(27)26-21-20(25-14-15-8-2-1-3-9-15)17-11-5-7-13-19(17)29-23(21)28/h1-13,25H,14H2,(H,26,27). The van der Waals surface area contributed by atoms with Crippen molar-refractivity contribution in [3.05, 3.63) is 106 Å². The monoisotopic (exact) mass is 388 g/mol. The fraction of sp³-hybridized carbons (Fsp3) is 0.0435. The Bertz CT molecular complexity index is 1240. The number of hydrogen-bond acceptors (Lipinski definition) is 4. The highest BCUT2D eigenvalue weighted by Crippen LogP contribution is 2.29. The van der Waals surface area contributed by atoms with Crippen molar-refractivity contribution in [3.63, 3.8) is 0 Å². The van der Waals surface area contributed by atoms with E-state index in [0.717, 1.165) is 5.56 Å². The number of amides is 1. The zero-order chi connectivity index (χ0) is 20.2. The Morgan fingerprint density at radius 1 is 0.862 bits per heavy atom. The Balaban J connectivity index is 1.76. The van der Waals surface area contributed by atoms with Gasteiger partial charge in [0.1, 0.15) is 11.4 Å². The van der Waals surface area contributed by atoms with Gasteiger partial charge < -0.3 is 15.1 Å². The second-order valence-corrected chi connectivity index (χ2v) is 6.41. The van der Waals surface area contributed by atoms with Crippen LogP contribution in [0.25, 0.3) is 11.0 Å². The van der Waals surface area contributed by atoms with E-state index in [1.165, 1.54) is 18.2 Å². The number of hydrogen-bond donors (Lipinski definition) is 2. The van der Waals surface area contributed by atoms with Crippen molar-refractivity contribution in [2.24, 2.45) is 0 Å². The maximum Gasteiger partial charge on any atom is 0.362 e. The predicted molar refractivity (Wildman–Crippen MR) is 111 cm³/mol.